The minimum absolute atomic E-state index is 0. The van der Waals surface area contributed by atoms with Gasteiger partial charge in [-0.25, -0.2) is 0 Å². The van der Waals surface area contributed by atoms with Crippen molar-refractivity contribution in [3.63, 3.8) is 0 Å². The van der Waals surface area contributed by atoms with Gasteiger partial charge < -0.3 is 5.11 Å². The van der Waals surface area contributed by atoms with Crippen molar-refractivity contribution in [3.8, 4) is 0 Å². The first-order valence-corrected chi connectivity index (χ1v) is 0.494. The van der Waals surface area contributed by atoms with Crippen LogP contribution in [-0.4, -0.2) is 11.6 Å². The molecule has 4 heavy (non-hydrogen) atoms. The van der Waals surface area contributed by atoms with Crippen molar-refractivity contribution in [3.05, 3.63) is 0 Å². The molecule has 0 aliphatic heterocycles. The molecule has 2 nitrogen and oxygen atoms in total. The van der Waals surface area contributed by atoms with E-state index in [9.17, 15) is 0 Å². The summed E-state index contributed by atoms with van der Waals surface area (Å²) in [7, 11) is 0. The summed E-state index contributed by atoms with van der Waals surface area (Å²) in [6.07, 6.45) is 0. The molecule has 0 aliphatic carbocycles. The second kappa shape index (κ2) is 11.3. The molecule has 1 N–H and O–H groups in total. The molecule has 0 aromatic carbocycles. The predicted octanol–water partition coefficient (Wildman–Crippen LogP) is -0.302. The largest absolute Gasteiger partial charge is 2.00 e. The van der Waals surface area contributed by atoms with Crippen LogP contribution >= 0.6 is 0 Å². The fourth-order valence-electron chi connectivity index (χ4n) is 0. The number of carboxylic acid groups (broad SMARTS) is 1. The molecule has 0 unspecified atom stereocenters. The van der Waals surface area contributed by atoms with Crippen LogP contribution in [0.1, 0.15) is 0 Å². The SMILES string of the molecule is O=CO.[Zn+2]. The van der Waals surface area contributed by atoms with Crippen molar-refractivity contribution in [2.75, 3.05) is 0 Å². The van der Waals surface area contributed by atoms with Gasteiger partial charge in [0.05, 0.1) is 0 Å². The quantitative estimate of drug-likeness (QED) is 0.344. The summed E-state index contributed by atoms with van der Waals surface area (Å²) in [6.45, 7) is -0.250. The van der Waals surface area contributed by atoms with Gasteiger partial charge in [0.2, 0.25) is 0 Å². The molecule has 0 aromatic rings. The van der Waals surface area contributed by atoms with Crippen molar-refractivity contribution in [2.24, 2.45) is 0 Å². The second-order valence-electron chi connectivity index (χ2n) is 0.105. The van der Waals surface area contributed by atoms with Crippen LogP contribution < -0.4 is 0 Å². The molecule has 0 atom stereocenters. The first-order chi connectivity index (χ1) is 1.41. The van der Waals surface area contributed by atoms with Crippen LogP contribution in [0.5, 0.6) is 0 Å². The third-order valence-corrected chi connectivity index (χ3v) is 0. The molecule has 0 amide bonds. The molecular weight excluding hydrogens is 109 g/mol. The molecule has 0 radical (unpaired) electrons. The fourth-order valence-corrected chi connectivity index (χ4v) is 0. The van der Waals surface area contributed by atoms with Gasteiger partial charge in [-0.3, -0.25) is 4.79 Å². The zero-order chi connectivity index (χ0) is 2.71. The monoisotopic (exact) mass is 110 g/mol. The van der Waals surface area contributed by atoms with Crippen LogP contribution in [0.3, 0.4) is 0 Å². The van der Waals surface area contributed by atoms with Crippen molar-refractivity contribution in [2.45, 2.75) is 0 Å². The van der Waals surface area contributed by atoms with Gasteiger partial charge >= 0.3 is 19.5 Å². The molecule has 0 aromatic heterocycles. The molecule has 0 saturated heterocycles. The van der Waals surface area contributed by atoms with E-state index in [1.807, 2.05) is 0 Å². The van der Waals surface area contributed by atoms with E-state index < -0.39 is 0 Å². The summed E-state index contributed by atoms with van der Waals surface area (Å²) >= 11 is 0. The Balaban J connectivity index is 0. The third-order valence-electron chi connectivity index (χ3n) is 0. The van der Waals surface area contributed by atoms with Crippen LogP contribution in [0, 0.1) is 0 Å². The molecular formula is CH2O2Zn+2. The molecule has 0 heterocycles. The van der Waals surface area contributed by atoms with Gasteiger partial charge in [0.25, 0.3) is 6.47 Å². The first kappa shape index (κ1) is 8.94. The van der Waals surface area contributed by atoms with Crippen LogP contribution in [0.25, 0.3) is 0 Å². The molecule has 0 bridgehead atoms. The van der Waals surface area contributed by atoms with Crippen molar-refractivity contribution < 1.29 is 29.4 Å². The molecule has 3 heteroatoms. The van der Waals surface area contributed by atoms with Gasteiger partial charge in [0, 0.05) is 0 Å². The van der Waals surface area contributed by atoms with Gasteiger partial charge in [-0.1, -0.05) is 0 Å². The number of carbonyl (C=O) groups is 1. The summed E-state index contributed by atoms with van der Waals surface area (Å²) in [6, 6.07) is 0. The molecule has 0 spiro atoms. The van der Waals surface area contributed by atoms with Crippen LogP contribution in [0.15, 0.2) is 0 Å². The number of hydrogen-bond donors (Lipinski definition) is 1. The zero-order valence-electron chi connectivity index (χ0n) is 2.14. The minimum Gasteiger partial charge on any atom is -0.483 e. The average Bonchev–Trinajstić information content (AvgIpc) is 0.918. The molecule has 0 aliphatic rings. The van der Waals surface area contributed by atoms with Gasteiger partial charge in [-0.2, -0.15) is 0 Å². The molecule has 18 valence electrons. The van der Waals surface area contributed by atoms with Crippen LogP contribution in [0.4, 0.5) is 0 Å². The number of rotatable bonds is 0. The van der Waals surface area contributed by atoms with Crippen LogP contribution in [0.2, 0.25) is 0 Å². The molecule has 0 fully saturated rings. The Hall–Kier alpha value is 0.0934. The first-order valence-electron chi connectivity index (χ1n) is 0.494. The Kier molecular flexibility index (Phi) is 25.3. The van der Waals surface area contributed by atoms with E-state index in [1.54, 1.807) is 0 Å². The summed E-state index contributed by atoms with van der Waals surface area (Å²) in [5, 5.41) is 6.89. The summed E-state index contributed by atoms with van der Waals surface area (Å²) in [5.74, 6) is 0. The maximum Gasteiger partial charge on any atom is 2.00 e. The van der Waals surface area contributed by atoms with Gasteiger partial charge in [-0.15, -0.1) is 0 Å². The zero-order valence-corrected chi connectivity index (χ0v) is 5.11. The van der Waals surface area contributed by atoms with Crippen molar-refractivity contribution in [1.82, 2.24) is 0 Å². The van der Waals surface area contributed by atoms with E-state index in [4.69, 9.17) is 9.90 Å². The Bertz CT molecular complexity index is 13.5. The van der Waals surface area contributed by atoms with E-state index >= 15 is 0 Å². The van der Waals surface area contributed by atoms with E-state index in [1.165, 1.54) is 0 Å². The predicted molar refractivity (Wildman–Crippen MR) is 8.69 cm³/mol. The Labute approximate surface area is 36.6 Å². The summed E-state index contributed by atoms with van der Waals surface area (Å²) in [4.78, 5) is 8.36. The number of hydrogen-bond acceptors (Lipinski definition) is 1. The van der Waals surface area contributed by atoms with E-state index in [0.29, 0.717) is 0 Å². The normalized spacial score (nSPS) is 3.00. The van der Waals surface area contributed by atoms with Gasteiger partial charge in [0.15, 0.2) is 0 Å². The third kappa shape index (κ3) is 287. The maximum absolute atomic E-state index is 8.36. The smallest absolute Gasteiger partial charge is 0.483 e. The molecule has 0 rings (SSSR count). The minimum atomic E-state index is -0.250. The van der Waals surface area contributed by atoms with E-state index in [0.717, 1.165) is 0 Å². The van der Waals surface area contributed by atoms with Crippen molar-refractivity contribution >= 4 is 6.47 Å². The average molecular weight is 111 g/mol. The second-order valence-corrected chi connectivity index (χ2v) is 0.105. The standard InChI is InChI=1S/CH2O2.Zn/c2-1-3;/h1H,(H,2,3);/q;+2. The van der Waals surface area contributed by atoms with E-state index in [2.05, 4.69) is 0 Å². The van der Waals surface area contributed by atoms with Gasteiger partial charge in [-0.05, 0) is 0 Å². The summed E-state index contributed by atoms with van der Waals surface area (Å²) in [5.41, 5.74) is 0. The van der Waals surface area contributed by atoms with Gasteiger partial charge in [0.1, 0.15) is 0 Å². The summed E-state index contributed by atoms with van der Waals surface area (Å²) < 4.78 is 0. The van der Waals surface area contributed by atoms with Crippen molar-refractivity contribution in [1.29, 1.82) is 0 Å². The Morgan fingerprint density at radius 3 is 1.75 bits per heavy atom. The van der Waals surface area contributed by atoms with Crippen LogP contribution in [-0.2, 0) is 24.3 Å². The molecule has 0 saturated carbocycles. The fraction of sp³-hybridized carbons (Fsp3) is 0. The topological polar surface area (TPSA) is 37.3 Å². The maximum atomic E-state index is 8.36. The Morgan fingerprint density at radius 1 is 1.75 bits per heavy atom. The van der Waals surface area contributed by atoms with E-state index in [-0.39, 0.29) is 26.0 Å². The Morgan fingerprint density at radius 2 is 1.75 bits per heavy atom.